The van der Waals surface area contributed by atoms with Crippen LogP contribution in [0.25, 0.3) is 0 Å². The highest BCUT2D eigenvalue weighted by atomic mass is 32.2. The van der Waals surface area contributed by atoms with Gasteiger partial charge in [-0.3, -0.25) is 4.90 Å². The maximum absolute atomic E-state index is 3.55. The van der Waals surface area contributed by atoms with Gasteiger partial charge in [0.2, 0.25) is 0 Å². The highest BCUT2D eigenvalue weighted by Crippen LogP contribution is 2.27. The molecule has 2 unspecified atom stereocenters. The summed E-state index contributed by atoms with van der Waals surface area (Å²) in [5.74, 6) is 2.62. The lowest BCUT2D eigenvalue weighted by Crippen LogP contribution is -2.48. The van der Waals surface area contributed by atoms with Gasteiger partial charge in [0.25, 0.3) is 0 Å². The summed E-state index contributed by atoms with van der Waals surface area (Å²) in [4.78, 5) is 2.70. The van der Waals surface area contributed by atoms with E-state index in [1.807, 2.05) is 0 Å². The van der Waals surface area contributed by atoms with Gasteiger partial charge in [-0.15, -0.1) is 0 Å². The first-order valence-corrected chi connectivity index (χ1v) is 8.29. The molecule has 1 N–H and O–H groups in total. The van der Waals surface area contributed by atoms with Crippen LogP contribution in [0.4, 0.5) is 0 Å². The van der Waals surface area contributed by atoms with Crippen LogP contribution in [0.2, 0.25) is 0 Å². The molecule has 1 rings (SSSR count). The lowest BCUT2D eigenvalue weighted by atomic mass is 9.84. The minimum atomic E-state index is 0.445. The number of nitrogens with one attached hydrogen (secondary N) is 1. The Labute approximate surface area is 112 Å². The fourth-order valence-electron chi connectivity index (χ4n) is 2.74. The predicted octanol–water partition coefficient (Wildman–Crippen LogP) is 2.84. The second kappa shape index (κ2) is 7.65. The van der Waals surface area contributed by atoms with Crippen molar-refractivity contribution in [2.24, 2.45) is 5.41 Å². The summed E-state index contributed by atoms with van der Waals surface area (Å²) in [6.45, 7) is 14.1. The SMILES string of the molecule is CCCC(C)(CNCC)CN1CCSCC1C. The molecule has 0 aromatic heterocycles. The van der Waals surface area contributed by atoms with E-state index in [1.54, 1.807) is 0 Å². The first kappa shape index (κ1) is 15.3. The van der Waals surface area contributed by atoms with Crippen molar-refractivity contribution in [3.63, 3.8) is 0 Å². The van der Waals surface area contributed by atoms with E-state index in [4.69, 9.17) is 0 Å². The van der Waals surface area contributed by atoms with E-state index in [9.17, 15) is 0 Å². The van der Waals surface area contributed by atoms with Gasteiger partial charge in [0, 0.05) is 37.2 Å². The van der Waals surface area contributed by atoms with E-state index < -0.39 is 0 Å². The molecule has 1 aliphatic heterocycles. The van der Waals surface area contributed by atoms with Crippen LogP contribution in [0.1, 0.15) is 40.5 Å². The molecule has 0 aromatic rings. The molecule has 3 heteroatoms. The Kier molecular flexibility index (Phi) is 6.90. The molecule has 1 aliphatic rings. The van der Waals surface area contributed by atoms with Crippen molar-refractivity contribution in [3.05, 3.63) is 0 Å². The van der Waals surface area contributed by atoms with Gasteiger partial charge >= 0.3 is 0 Å². The number of hydrogen-bond donors (Lipinski definition) is 1. The first-order chi connectivity index (χ1) is 8.11. The van der Waals surface area contributed by atoms with Crippen LogP contribution in [0, 0.1) is 5.41 Å². The highest BCUT2D eigenvalue weighted by molar-refractivity contribution is 7.99. The molecule has 2 atom stereocenters. The van der Waals surface area contributed by atoms with E-state index in [0.717, 1.165) is 19.1 Å². The van der Waals surface area contributed by atoms with Gasteiger partial charge < -0.3 is 5.32 Å². The maximum atomic E-state index is 3.55. The van der Waals surface area contributed by atoms with Crippen molar-refractivity contribution in [3.8, 4) is 0 Å². The number of nitrogens with zero attached hydrogens (tertiary/aromatic N) is 1. The zero-order valence-corrected chi connectivity index (χ0v) is 12.9. The van der Waals surface area contributed by atoms with Crippen LogP contribution in [0.5, 0.6) is 0 Å². The molecule has 0 spiro atoms. The Morgan fingerprint density at radius 3 is 2.76 bits per heavy atom. The number of thioether (sulfide) groups is 1. The highest BCUT2D eigenvalue weighted by Gasteiger charge is 2.29. The van der Waals surface area contributed by atoms with Gasteiger partial charge in [-0.05, 0) is 25.3 Å². The van der Waals surface area contributed by atoms with Crippen molar-refractivity contribution >= 4 is 11.8 Å². The van der Waals surface area contributed by atoms with Crippen molar-refractivity contribution < 1.29 is 0 Å². The topological polar surface area (TPSA) is 15.3 Å². The van der Waals surface area contributed by atoms with Gasteiger partial charge in [0.05, 0.1) is 0 Å². The lowest BCUT2D eigenvalue weighted by Gasteiger charge is -2.40. The number of hydrogen-bond acceptors (Lipinski definition) is 3. The standard InChI is InChI=1S/C14H30N2S/c1-5-7-14(4,11-15-6-2)12-16-8-9-17-10-13(16)3/h13,15H,5-12H2,1-4H3. The third-order valence-corrected chi connectivity index (χ3v) is 4.93. The normalized spacial score (nSPS) is 25.8. The summed E-state index contributed by atoms with van der Waals surface area (Å²) >= 11 is 2.11. The molecule has 102 valence electrons. The minimum Gasteiger partial charge on any atom is -0.316 e. The second-order valence-corrected chi connectivity index (χ2v) is 6.89. The molecule has 0 radical (unpaired) electrons. The van der Waals surface area contributed by atoms with Crippen molar-refractivity contribution in [1.29, 1.82) is 0 Å². The van der Waals surface area contributed by atoms with Crippen LogP contribution in [0.15, 0.2) is 0 Å². The molecular weight excluding hydrogens is 228 g/mol. The summed E-state index contributed by atoms with van der Waals surface area (Å²) in [5.41, 5.74) is 0.445. The minimum absolute atomic E-state index is 0.445. The molecule has 1 fully saturated rings. The van der Waals surface area contributed by atoms with Gasteiger partial charge in [-0.2, -0.15) is 11.8 Å². The summed E-state index contributed by atoms with van der Waals surface area (Å²) in [6.07, 6.45) is 2.62. The fraction of sp³-hybridized carbons (Fsp3) is 1.00. The average molecular weight is 258 g/mol. The Bertz CT molecular complexity index is 210. The summed E-state index contributed by atoms with van der Waals surface area (Å²) in [5, 5.41) is 3.55. The van der Waals surface area contributed by atoms with E-state index >= 15 is 0 Å². The number of rotatable bonds is 7. The second-order valence-electron chi connectivity index (χ2n) is 5.74. The Morgan fingerprint density at radius 1 is 1.41 bits per heavy atom. The monoisotopic (exact) mass is 258 g/mol. The van der Waals surface area contributed by atoms with E-state index in [-0.39, 0.29) is 0 Å². The van der Waals surface area contributed by atoms with Crippen molar-refractivity contribution in [1.82, 2.24) is 10.2 Å². The van der Waals surface area contributed by atoms with Crippen LogP contribution in [-0.2, 0) is 0 Å². The first-order valence-electron chi connectivity index (χ1n) is 7.14. The quantitative estimate of drug-likeness (QED) is 0.756. The zero-order valence-electron chi connectivity index (χ0n) is 12.1. The molecule has 0 saturated carbocycles. The molecule has 0 bridgehead atoms. The van der Waals surface area contributed by atoms with Crippen LogP contribution < -0.4 is 5.32 Å². The van der Waals surface area contributed by atoms with E-state index in [1.165, 1.54) is 37.4 Å². The largest absolute Gasteiger partial charge is 0.316 e. The summed E-state index contributed by atoms with van der Waals surface area (Å²) in [6, 6.07) is 0.756. The van der Waals surface area contributed by atoms with Crippen LogP contribution in [0.3, 0.4) is 0 Å². The third-order valence-electron chi connectivity index (χ3n) is 3.75. The van der Waals surface area contributed by atoms with E-state index in [2.05, 4.69) is 49.7 Å². The van der Waals surface area contributed by atoms with Gasteiger partial charge in [0.1, 0.15) is 0 Å². The molecule has 1 saturated heterocycles. The molecular formula is C14H30N2S. The molecule has 17 heavy (non-hydrogen) atoms. The molecule has 0 aromatic carbocycles. The van der Waals surface area contributed by atoms with Crippen molar-refractivity contribution in [2.75, 3.05) is 37.7 Å². The van der Waals surface area contributed by atoms with Crippen molar-refractivity contribution in [2.45, 2.75) is 46.6 Å². The Balaban J connectivity index is 2.51. The Morgan fingerprint density at radius 2 is 2.18 bits per heavy atom. The molecule has 1 heterocycles. The van der Waals surface area contributed by atoms with Gasteiger partial charge in [0.15, 0.2) is 0 Å². The summed E-state index contributed by atoms with van der Waals surface area (Å²) in [7, 11) is 0. The van der Waals surface area contributed by atoms with E-state index in [0.29, 0.717) is 5.41 Å². The smallest absolute Gasteiger partial charge is 0.0158 e. The average Bonchev–Trinajstić information content (AvgIpc) is 2.30. The molecule has 0 amide bonds. The van der Waals surface area contributed by atoms with Crippen LogP contribution in [-0.4, -0.2) is 48.6 Å². The predicted molar refractivity (Wildman–Crippen MR) is 79.9 cm³/mol. The van der Waals surface area contributed by atoms with Gasteiger partial charge in [-0.1, -0.05) is 27.2 Å². The third kappa shape index (κ3) is 5.19. The molecule has 2 nitrogen and oxygen atoms in total. The van der Waals surface area contributed by atoms with Crippen LogP contribution >= 0.6 is 11.8 Å². The summed E-state index contributed by atoms with van der Waals surface area (Å²) < 4.78 is 0. The lowest BCUT2D eigenvalue weighted by molar-refractivity contribution is 0.128. The van der Waals surface area contributed by atoms with Gasteiger partial charge in [-0.25, -0.2) is 0 Å². The fourth-order valence-corrected chi connectivity index (χ4v) is 3.82. The zero-order chi connectivity index (χ0) is 12.7. The maximum Gasteiger partial charge on any atom is 0.0158 e. The Hall–Kier alpha value is 0.270. The molecule has 0 aliphatic carbocycles.